The molecule has 1 aliphatic carbocycles. The molecule has 0 radical (unpaired) electrons. The van der Waals surface area contributed by atoms with Crippen molar-refractivity contribution in [3.8, 4) is 0 Å². The van der Waals surface area contributed by atoms with Gasteiger partial charge in [-0.2, -0.15) is 0 Å². The Labute approximate surface area is 156 Å². The molecular formula is C19H20Cl2FN2O+. The number of quaternary nitrogens is 1. The van der Waals surface area contributed by atoms with Crippen molar-refractivity contribution in [2.24, 2.45) is 0 Å². The molecule has 0 spiro atoms. The highest BCUT2D eigenvalue weighted by atomic mass is 35.5. The standard InChI is InChI=1S/C19H19Cl2FN2O/c1-11(14-9-17(22)16(21)10-15(14)20)23-18(12-5-3-2-4-6-12)19(25)24-13-7-8-13/h2-6,9-11,13,18,23H,7-8H2,1H3,(H,24,25)/p+1/t11-,18-/m0/s1. The van der Waals surface area contributed by atoms with Crippen molar-refractivity contribution in [1.29, 1.82) is 0 Å². The molecule has 25 heavy (non-hydrogen) atoms. The van der Waals surface area contributed by atoms with Crippen LogP contribution >= 0.6 is 23.2 Å². The maximum atomic E-state index is 13.8. The molecule has 1 aliphatic rings. The molecule has 0 bridgehead atoms. The van der Waals surface area contributed by atoms with Crippen LogP contribution in [0.25, 0.3) is 0 Å². The monoisotopic (exact) mass is 381 g/mol. The zero-order chi connectivity index (χ0) is 18.0. The fourth-order valence-electron chi connectivity index (χ4n) is 2.81. The predicted molar refractivity (Wildman–Crippen MR) is 97.1 cm³/mol. The quantitative estimate of drug-likeness (QED) is 0.734. The van der Waals surface area contributed by atoms with Crippen LogP contribution in [-0.4, -0.2) is 11.9 Å². The summed E-state index contributed by atoms with van der Waals surface area (Å²) in [5.41, 5.74) is 1.52. The van der Waals surface area contributed by atoms with E-state index in [0.29, 0.717) is 10.6 Å². The van der Waals surface area contributed by atoms with Crippen molar-refractivity contribution in [2.45, 2.75) is 37.9 Å². The number of carbonyl (C=O) groups is 1. The third-order valence-electron chi connectivity index (χ3n) is 4.38. The van der Waals surface area contributed by atoms with Crippen molar-refractivity contribution in [3.63, 3.8) is 0 Å². The summed E-state index contributed by atoms with van der Waals surface area (Å²) in [6.07, 6.45) is 2.05. The Morgan fingerprint density at radius 2 is 1.88 bits per heavy atom. The molecule has 1 saturated carbocycles. The molecule has 3 rings (SSSR count). The normalized spacial score (nSPS) is 16.3. The maximum absolute atomic E-state index is 13.8. The Kier molecular flexibility index (Phi) is 5.62. The number of carbonyl (C=O) groups excluding carboxylic acids is 1. The molecule has 6 heteroatoms. The minimum absolute atomic E-state index is 0.00737. The SMILES string of the molecule is C[C@H]([NH2+][C@H](C(=O)NC1CC1)c1ccccc1)c1cc(F)c(Cl)cc1Cl. The van der Waals surface area contributed by atoms with E-state index < -0.39 is 11.9 Å². The first-order chi connectivity index (χ1) is 12.0. The largest absolute Gasteiger partial charge is 0.348 e. The summed E-state index contributed by atoms with van der Waals surface area (Å²) >= 11 is 12.0. The van der Waals surface area contributed by atoms with Gasteiger partial charge in [0.05, 0.1) is 10.0 Å². The summed E-state index contributed by atoms with van der Waals surface area (Å²) in [6, 6.07) is 11.9. The third-order valence-corrected chi connectivity index (χ3v) is 4.99. The average Bonchev–Trinajstić information content (AvgIpc) is 3.40. The van der Waals surface area contributed by atoms with E-state index in [1.165, 1.54) is 12.1 Å². The molecule has 2 atom stereocenters. The van der Waals surface area contributed by atoms with Gasteiger partial charge in [0.1, 0.15) is 11.9 Å². The zero-order valence-corrected chi connectivity index (χ0v) is 15.3. The first-order valence-electron chi connectivity index (χ1n) is 8.30. The molecular weight excluding hydrogens is 362 g/mol. The lowest BCUT2D eigenvalue weighted by molar-refractivity contribution is -0.719. The highest BCUT2D eigenvalue weighted by molar-refractivity contribution is 6.35. The van der Waals surface area contributed by atoms with Gasteiger partial charge in [0.2, 0.25) is 0 Å². The Balaban J connectivity index is 1.84. The number of halogens is 3. The van der Waals surface area contributed by atoms with Gasteiger partial charge in [-0.1, -0.05) is 53.5 Å². The van der Waals surface area contributed by atoms with E-state index in [-0.39, 0.29) is 23.0 Å². The number of nitrogens with one attached hydrogen (secondary N) is 1. The molecule has 3 N–H and O–H groups in total. The van der Waals surface area contributed by atoms with Crippen LogP contribution < -0.4 is 10.6 Å². The molecule has 132 valence electrons. The molecule has 0 heterocycles. The highest BCUT2D eigenvalue weighted by Gasteiger charge is 2.32. The fraction of sp³-hybridized carbons (Fsp3) is 0.316. The second-order valence-corrected chi connectivity index (χ2v) is 7.25. The second-order valence-electron chi connectivity index (χ2n) is 6.44. The zero-order valence-electron chi connectivity index (χ0n) is 13.8. The van der Waals surface area contributed by atoms with E-state index in [1.54, 1.807) is 0 Å². The Morgan fingerprint density at radius 1 is 1.20 bits per heavy atom. The van der Waals surface area contributed by atoms with E-state index >= 15 is 0 Å². The Morgan fingerprint density at radius 3 is 2.52 bits per heavy atom. The van der Waals surface area contributed by atoms with Gasteiger partial charge < -0.3 is 10.6 Å². The molecule has 3 nitrogen and oxygen atoms in total. The Bertz CT molecular complexity index is 766. The van der Waals surface area contributed by atoms with Crippen LogP contribution in [0, 0.1) is 5.82 Å². The van der Waals surface area contributed by atoms with Gasteiger partial charge in [0.25, 0.3) is 5.91 Å². The minimum atomic E-state index is -0.514. The summed E-state index contributed by atoms with van der Waals surface area (Å²) in [4.78, 5) is 12.7. The fourth-order valence-corrected chi connectivity index (χ4v) is 3.36. The van der Waals surface area contributed by atoms with Crippen LogP contribution in [0.5, 0.6) is 0 Å². The molecule has 0 saturated heterocycles. The van der Waals surface area contributed by atoms with Crippen molar-refractivity contribution in [1.82, 2.24) is 5.32 Å². The van der Waals surface area contributed by atoms with Gasteiger partial charge in [-0.05, 0) is 31.9 Å². The van der Waals surface area contributed by atoms with E-state index in [9.17, 15) is 9.18 Å². The summed E-state index contributed by atoms with van der Waals surface area (Å²) in [5.74, 6) is -0.550. The highest BCUT2D eigenvalue weighted by Crippen LogP contribution is 2.28. The maximum Gasteiger partial charge on any atom is 0.283 e. The molecule has 0 unspecified atom stereocenters. The van der Waals surface area contributed by atoms with Crippen LogP contribution in [0.15, 0.2) is 42.5 Å². The van der Waals surface area contributed by atoms with Crippen LogP contribution in [-0.2, 0) is 4.79 Å². The van der Waals surface area contributed by atoms with Crippen molar-refractivity contribution >= 4 is 29.1 Å². The van der Waals surface area contributed by atoms with Crippen LogP contribution in [0.2, 0.25) is 10.0 Å². The van der Waals surface area contributed by atoms with E-state index in [2.05, 4.69) is 5.32 Å². The predicted octanol–water partition coefficient (Wildman–Crippen LogP) is 3.78. The summed E-state index contributed by atoms with van der Waals surface area (Å²) in [6.45, 7) is 1.90. The topological polar surface area (TPSA) is 45.7 Å². The van der Waals surface area contributed by atoms with E-state index in [1.807, 2.05) is 42.6 Å². The van der Waals surface area contributed by atoms with Gasteiger partial charge in [-0.25, -0.2) is 4.39 Å². The van der Waals surface area contributed by atoms with Gasteiger partial charge in [0.15, 0.2) is 6.04 Å². The molecule has 0 aliphatic heterocycles. The lowest BCUT2D eigenvalue weighted by Gasteiger charge is -2.21. The number of nitrogens with two attached hydrogens (primary N) is 1. The first kappa shape index (κ1) is 18.2. The molecule has 2 aromatic rings. The number of amides is 1. The number of hydrogen-bond acceptors (Lipinski definition) is 1. The minimum Gasteiger partial charge on any atom is -0.348 e. The summed E-state index contributed by atoms with van der Waals surface area (Å²) in [7, 11) is 0. The number of hydrogen-bond donors (Lipinski definition) is 2. The van der Waals surface area contributed by atoms with Gasteiger partial charge in [0, 0.05) is 17.2 Å². The molecule has 2 aromatic carbocycles. The lowest BCUT2D eigenvalue weighted by atomic mass is 10.0. The molecule has 1 fully saturated rings. The van der Waals surface area contributed by atoms with Gasteiger partial charge in [-0.15, -0.1) is 0 Å². The van der Waals surface area contributed by atoms with Crippen LogP contribution in [0.4, 0.5) is 4.39 Å². The van der Waals surface area contributed by atoms with Crippen LogP contribution in [0.1, 0.15) is 43.0 Å². The first-order valence-corrected chi connectivity index (χ1v) is 9.06. The van der Waals surface area contributed by atoms with Gasteiger partial charge >= 0.3 is 0 Å². The smallest absolute Gasteiger partial charge is 0.283 e. The van der Waals surface area contributed by atoms with E-state index in [4.69, 9.17) is 23.2 Å². The summed E-state index contributed by atoms with van der Waals surface area (Å²) in [5, 5.41) is 5.34. The average molecular weight is 382 g/mol. The molecule has 0 aromatic heterocycles. The lowest BCUT2D eigenvalue weighted by Crippen LogP contribution is -2.88. The van der Waals surface area contributed by atoms with Crippen molar-refractivity contribution < 1.29 is 14.5 Å². The van der Waals surface area contributed by atoms with Crippen molar-refractivity contribution in [3.05, 3.63) is 69.5 Å². The van der Waals surface area contributed by atoms with E-state index in [0.717, 1.165) is 18.4 Å². The van der Waals surface area contributed by atoms with Crippen LogP contribution in [0.3, 0.4) is 0 Å². The number of rotatable bonds is 6. The van der Waals surface area contributed by atoms with Crippen molar-refractivity contribution in [2.75, 3.05) is 0 Å². The molecule has 1 amide bonds. The summed E-state index contributed by atoms with van der Waals surface area (Å²) < 4.78 is 13.8. The second kappa shape index (κ2) is 7.73. The Hall–Kier alpha value is -1.62. The number of benzene rings is 2. The van der Waals surface area contributed by atoms with Gasteiger partial charge in [-0.3, -0.25) is 4.79 Å². The third kappa shape index (κ3) is 4.51.